The molecule has 0 fully saturated rings. The van der Waals surface area contributed by atoms with Crippen LogP contribution in [-0.2, 0) is 9.53 Å². The van der Waals surface area contributed by atoms with Crippen molar-refractivity contribution in [1.82, 2.24) is 10.5 Å². The van der Waals surface area contributed by atoms with Crippen molar-refractivity contribution >= 4 is 23.5 Å². The van der Waals surface area contributed by atoms with Crippen LogP contribution in [-0.4, -0.2) is 23.6 Å². The van der Waals surface area contributed by atoms with Crippen molar-refractivity contribution in [2.45, 2.75) is 19.9 Å². The lowest BCUT2D eigenvalue weighted by Gasteiger charge is -2.14. The van der Waals surface area contributed by atoms with E-state index in [1.165, 1.54) is 0 Å². The van der Waals surface area contributed by atoms with Crippen molar-refractivity contribution in [3.63, 3.8) is 0 Å². The highest BCUT2D eigenvalue weighted by Gasteiger charge is 2.23. The molecule has 1 atom stereocenters. The molecule has 0 radical (unpaired) electrons. The molecule has 28 heavy (non-hydrogen) atoms. The molecule has 7 heteroatoms. The Labute approximate surface area is 167 Å². The minimum atomic E-state index is -0.660. The first-order chi connectivity index (χ1) is 13.5. The Morgan fingerprint density at radius 3 is 2.50 bits per heavy atom. The first-order valence-corrected chi connectivity index (χ1v) is 9.07. The number of hydrogen-bond acceptors (Lipinski definition) is 5. The van der Waals surface area contributed by atoms with Crippen molar-refractivity contribution in [2.24, 2.45) is 0 Å². The van der Waals surface area contributed by atoms with Crippen LogP contribution in [0.15, 0.2) is 59.1 Å². The number of carbonyl (C=O) groups excluding carboxylic acids is 2. The van der Waals surface area contributed by atoms with Gasteiger partial charge in [0.2, 0.25) is 0 Å². The molecule has 1 N–H and O–H groups in total. The number of halogens is 1. The van der Waals surface area contributed by atoms with Crippen molar-refractivity contribution in [3.05, 3.63) is 76.5 Å². The van der Waals surface area contributed by atoms with Gasteiger partial charge in [0.15, 0.2) is 6.61 Å². The number of nitrogens with zero attached hydrogens (tertiary/aromatic N) is 1. The lowest BCUT2D eigenvalue weighted by Crippen LogP contribution is -2.31. The summed E-state index contributed by atoms with van der Waals surface area (Å²) in [6.45, 7) is 3.05. The van der Waals surface area contributed by atoms with E-state index in [0.717, 1.165) is 11.1 Å². The molecule has 1 heterocycles. The van der Waals surface area contributed by atoms with Gasteiger partial charge in [-0.25, -0.2) is 4.79 Å². The van der Waals surface area contributed by atoms with Gasteiger partial charge in [-0.1, -0.05) is 59.2 Å². The SMILES string of the molecule is Cc1onc(-c2ccccc2)c1C(=O)OCC(=O)N[C@@H](C)c1ccc(Cl)cc1. The smallest absolute Gasteiger partial charge is 0.344 e. The first kappa shape index (κ1) is 19.6. The molecule has 0 unspecified atom stereocenters. The maximum Gasteiger partial charge on any atom is 0.344 e. The van der Waals surface area contributed by atoms with E-state index in [4.69, 9.17) is 20.9 Å². The number of aromatic nitrogens is 1. The third kappa shape index (κ3) is 4.58. The van der Waals surface area contributed by atoms with Crippen molar-refractivity contribution < 1.29 is 18.8 Å². The van der Waals surface area contributed by atoms with Gasteiger partial charge in [0.05, 0.1) is 6.04 Å². The zero-order valence-corrected chi connectivity index (χ0v) is 16.2. The number of ether oxygens (including phenoxy) is 1. The summed E-state index contributed by atoms with van der Waals surface area (Å²) < 4.78 is 10.3. The van der Waals surface area contributed by atoms with Crippen LogP contribution in [0.25, 0.3) is 11.3 Å². The number of benzene rings is 2. The molecule has 2 aromatic carbocycles. The highest BCUT2D eigenvalue weighted by molar-refractivity contribution is 6.30. The summed E-state index contributed by atoms with van der Waals surface area (Å²) in [7, 11) is 0. The topological polar surface area (TPSA) is 81.4 Å². The number of hydrogen-bond donors (Lipinski definition) is 1. The lowest BCUT2D eigenvalue weighted by atomic mass is 10.1. The third-order valence-corrected chi connectivity index (χ3v) is 4.45. The van der Waals surface area contributed by atoms with Gasteiger partial charge in [0.1, 0.15) is 17.0 Å². The quantitative estimate of drug-likeness (QED) is 0.625. The monoisotopic (exact) mass is 398 g/mol. The highest BCUT2D eigenvalue weighted by Crippen LogP contribution is 2.25. The number of esters is 1. The van der Waals surface area contributed by atoms with Crippen LogP contribution >= 0.6 is 11.6 Å². The lowest BCUT2D eigenvalue weighted by molar-refractivity contribution is -0.124. The molecule has 1 amide bonds. The molecule has 3 rings (SSSR count). The zero-order valence-electron chi connectivity index (χ0n) is 15.4. The summed E-state index contributed by atoms with van der Waals surface area (Å²) >= 11 is 5.87. The predicted molar refractivity (Wildman–Crippen MR) is 105 cm³/mol. The number of nitrogens with one attached hydrogen (secondary N) is 1. The fraction of sp³-hybridized carbons (Fsp3) is 0.190. The van der Waals surface area contributed by atoms with Crippen LogP contribution in [0.2, 0.25) is 5.02 Å². The van der Waals surface area contributed by atoms with Crippen LogP contribution in [0.4, 0.5) is 0 Å². The van der Waals surface area contributed by atoms with Crippen LogP contribution in [0.1, 0.15) is 34.6 Å². The molecule has 3 aromatic rings. The summed E-state index contributed by atoms with van der Waals surface area (Å²) in [4.78, 5) is 24.7. The molecule has 0 aliphatic rings. The summed E-state index contributed by atoms with van der Waals surface area (Å²) in [6, 6.07) is 16.1. The Kier molecular flexibility index (Phi) is 6.11. The van der Waals surface area contributed by atoms with Crippen molar-refractivity contribution in [1.29, 1.82) is 0 Å². The molecule has 144 valence electrons. The standard InChI is InChI=1S/C21H19ClN2O4/c1-13(15-8-10-17(22)11-9-15)23-18(25)12-27-21(26)19-14(2)28-24-20(19)16-6-4-3-5-7-16/h3-11,13H,12H2,1-2H3,(H,23,25)/t13-/m0/s1. The summed E-state index contributed by atoms with van der Waals surface area (Å²) in [5.41, 5.74) is 2.22. The predicted octanol–water partition coefficient (Wildman–Crippen LogP) is 4.34. The molecule has 0 spiro atoms. The van der Waals surface area contributed by atoms with Gasteiger partial charge in [-0.05, 0) is 31.5 Å². The van der Waals surface area contributed by atoms with Gasteiger partial charge in [-0.3, -0.25) is 4.79 Å². The summed E-state index contributed by atoms with van der Waals surface area (Å²) in [5, 5.41) is 7.34. The van der Waals surface area contributed by atoms with Crippen LogP contribution in [0, 0.1) is 6.92 Å². The highest BCUT2D eigenvalue weighted by atomic mass is 35.5. The summed E-state index contributed by atoms with van der Waals surface area (Å²) in [6.07, 6.45) is 0. The van der Waals surface area contributed by atoms with Gasteiger partial charge in [0.25, 0.3) is 5.91 Å². The Balaban J connectivity index is 1.62. The zero-order chi connectivity index (χ0) is 20.1. The molecular formula is C21H19ClN2O4. The summed E-state index contributed by atoms with van der Waals surface area (Å²) in [5.74, 6) is -0.739. The molecule has 6 nitrogen and oxygen atoms in total. The number of carbonyl (C=O) groups is 2. The molecule has 0 aliphatic heterocycles. The molecule has 0 saturated carbocycles. The van der Waals surface area contributed by atoms with E-state index in [0.29, 0.717) is 16.5 Å². The number of aryl methyl sites for hydroxylation is 1. The second kappa shape index (κ2) is 8.71. The number of amides is 1. The van der Waals surface area contributed by atoms with E-state index in [1.807, 2.05) is 49.4 Å². The number of rotatable bonds is 6. The van der Waals surface area contributed by atoms with Crippen LogP contribution in [0.3, 0.4) is 0 Å². The van der Waals surface area contributed by atoms with Gasteiger partial charge >= 0.3 is 5.97 Å². The van der Waals surface area contributed by atoms with E-state index in [1.54, 1.807) is 19.1 Å². The van der Waals surface area contributed by atoms with Gasteiger partial charge < -0.3 is 14.6 Å². The Bertz CT molecular complexity index is 968. The largest absolute Gasteiger partial charge is 0.452 e. The maximum absolute atomic E-state index is 12.5. The molecule has 0 saturated heterocycles. The van der Waals surface area contributed by atoms with E-state index in [2.05, 4.69) is 10.5 Å². The van der Waals surface area contributed by atoms with Crippen molar-refractivity contribution in [3.8, 4) is 11.3 Å². The Morgan fingerprint density at radius 2 is 1.82 bits per heavy atom. The molecule has 1 aromatic heterocycles. The molecule has 0 bridgehead atoms. The van der Waals surface area contributed by atoms with Crippen molar-refractivity contribution in [2.75, 3.05) is 6.61 Å². The maximum atomic E-state index is 12.5. The van der Waals surface area contributed by atoms with E-state index >= 15 is 0 Å². The molecular weight excluding hydrogens is 380 g/mol. The molecule has 0 aliphatic carbocycles. The van der Waals surface area contributed by atoms with Crippen LogP contribution in [0.5, 0.6) is 0 Å². The second-order valence-corrected chi connectivity index (χ2v) is 6.68. The van der Waals surface area contributed by atoms with Gasteiger partial charge in [-0.15, -0.1) is 0 Å². The van der Waals surface area contributed by atoms with E-state index < -0.39 is 18.5 Å². The van der Waals surface area contributed by atoms with E-state index in [9.17, 15) is 9.59 Å². The second-order valence-electron chi connectivity index (χ2n) is 6.25. The van der Waals surface area contributed by atoms with Gasteiger partial charge in [0, 0.05) is 10.6 Å². The average Bonchev–Trinajstić information content (AvgIpc) is 3.09. The van der Waals surface area contributed by atoms with Crippen LogP contribution < -0.4 is 5.32 Å². The van der Waals surface area contributed by atoms with E-state index in [-0.39, 0.29) is 11.6 Å². The Morgan fingerprint density at radius 1 is 1.14 bits per heavy atom. The minimum Gasteiger partial charge on any atom is -0.452 e. The Hall–Kier alpha value is -3.12. The normalized spacial score (nSPS) is 11.7. The minimum absolute atomic E-state index is 0.213. The fourth-order valence-electron chi connectivity index (χ4n) is 2.73. The van der Waals surface area contributed by atoms with Gasteiger partial charge in [-0.2, -0.15) is 0 Å². The first-order valence-electron chi connectivity index (χ1n) is 8.69. The fourth-order valence-corrected chi connectivity index (χ4v) is 2.85. The third-order valence-electron chi connectivity index (χ3n) is 4.20. The average molecular weight is 399 g/mol.